The molecule has 0 fully saturated rings. The van der Waals surface area contributed by atoms with E-state index in [2.05, 4.69) is 5.32 Å². The van der Waals surface area contributed by atoms with Gasteiger partial charge in [-0.15, -0.1) is 0 Å². The maximum Gasteiger partial charge on any atom is 0.271 e. The van der Waals surface area contributed by atoms with E-state index in [1.807, 2.05) is 0 Å². The summed E-state index contributed by atoms with van der Waals surface area (Å²) in [4.78, 5) is 23.1. The van der Waals surface area contributed by atoms with Crippen molar-refractivity contribution in [2.24, 2.45) is 0 Å². The molecule has 0 unspecified atom stereocenters. The molecule has 0 aromatic heterocycles. The molecule has 0 radical (unpaired) electrons. The molecule has 1 amide bonds. The number of nitro benzene ring substituents is 1. The Labute approximate surface area is 174 Å². The van der Waals surface area contributed by atoms with Crippen molar-refractivity contribution in [2.45, 2.75) is 19.4 Å². The number of methoxy groups -OCH3 is 1. The van der Waals surface area contributed by atoms with Crippen LogP contribution in [0.25, 0.3) is 0 Å². The average molecular weight is 437 g/mol. The number of anilines is 2. The Morgan fingerprint density at radius 2 is 1.87 bits per heavy atom. The zero-order valence-corrected chi connectivity index (χ0v) is 17.8. The van der Waals surface area contributed by atoms with Gasteiger partial charge in [0.1, 0.15) is 11.5 Å². The molecule has 0 aliphatic carbocycles. The molecule has 30 heavy (non-hydrogen) atoms. The van der Waals surface area contributed by atoms with Crippen LogP contribution in [0.4, 0.5) is 17.1 Å². The van der Waals surface area contributed by atoms with Gasteiger partial charge in [0, 0.05) is 19.2 Å². The number of amides is 1. The summed E-state index contributed by atoms with van der Waals surface area (Å²) < 4.78 is 35.2. The van der Waals surface area contributed by atoms with E-state index in [1.54, 1.807) is 31.2 Å². The fourth-order valence-electron chi connectivity index (χ4n) is 2.53. The number of rotatable bonds is 9. The summed E-state index contributed by atoms with van der Waals surface area (Å²) in [7, 11) is -0.573. The third-order valence-corrected chi connectivity index (χ3v) is 5.50. The van der Waals surface area contributed by atoms with E-state index in [0.717, 1.165) is 10.6 Å². The quantitative estimate of drug-likeness (QED) is 0.472. The van der Waals surface area contributed by atoms with Gasteiger partial charge in [-0.05, 0) is 36.8 Å². The van der Waals surface area contributed by atoms with Crippen LogP contribution in [0.5, 0.6) is 11.5 Å². The zero-order valence-electron chi connectivity index (χ0n) is 17.0. The van der Waals surface area contributed by atoms with Crippen molar-refractivity contribution in [3.05, 3.63) is 52.6 Å². The number of carbonyl (C=O) groups excluding carboxylic acids is 1. The van der Waals surface area contributed by atoms with Gasteiger partial charge in [-0.1, -0.05) is 6.92 Å². The fourth-order valence-corrected chi connectivity index (χ4v) is 3.04. The Morgan fingerprint density at radius 3 is 2.37 bits per heavy atom. The lowest BCUT2D eigenvalue weighted by Crippen LogP contribution is -2.32. The summed E-state index contributed by atoms with van der Waals surface area (Å²) in [5.74, 6) is 0.138. The predicted octanol–water partition coefficient (Wildman–Crippen LogP) is 2.80. The molecule has 0 spiro atoms. The van der Waals surface area contributed by atoms with Crippen LogP contribution in [-0.4, -0.2) is 45.8 Å². The molecule has 1 N–H and O–H groups in total. The largest absolute Gasteiger partial charge is 0.495 e. The summed E-state index contributed by atoms with van der Waals surface area (Å²) in [6.07, 6.45) is 0.540. The van der Waals surface area contributed by atoms with Crippen molar-refractivity contribution in [1.82, 2.24) is 0 Å². The Hall–Kier alpha value is -3.34. The number of carbonyl (C=O) groups is 1. The van der Waals surface area contributed by atoms with Gasteiger partial charge in [-0.2, -0.15) is 0 Å². The second-order valence-electron chi connectivity index (χ2n) is 6.37. The van der Waals surface area contributed by atoms with E-state index in [9.17, 15) is 23.3 Å². The molecule has 2 aromatic rings. The van der Waals surface area contributed by atoms with E-state index in [-0.39, 0.29) is 17.1 Å². The molecule has 0 heterocycles. The summed E-state index contributed by atoms with van der Waals surface area (Å²) in [6, 6.07) is 10.1. The van der Waals surface area contributed by atoms with Crippen molar-refractivity contribution in [3.63, 3.8) is 0 Å². The second-order valence-corrected chi connectivity index (χ2v) is 8.38. The number of hydrogen-bond donors (Lipinski definition) is 1. The fraction of sp³-hybridized carbons (Fsp3) is 0.316. The van der Waals surface area contributed by atoms with Crippen LogP contribution in [0.3, 0.4) is 0 Å². The number of nitro groups is 1. The molecule has 0 saturated heterocycles. The number of benzene rings is 2. The normalized spacial score (nSPS) is 12.0. The molecule has 0 bridgehead atoms. The monoisotopic (exact) mass is 437 g/mol. The lowest BCUT2D eigenvalue weighted by molar-refractivity contribution is -0.384. The summed E-state index contributed by atoms with van der Waals surface area (Å²) >= 11 is 0. The number of non-ortho nitro benzene ring substituents is 1. The molecule has 0 aliphatic rings. The topological polar surface area (TPSA) is 128 Å². The van der Waals surface area contributed by atoms with Crippen molar-refractivity contribution in [3.8, 4) is 11.5 Å². The molecule has 0 aliphatic heterocycles. The molecule has 1 atom stereocenters. The third kappa shape index (κ3) is 5.60. The van der Waals surface area contributed by atoms with E-state index >= 15 is 0 Å². The van der Waals surface area contributed by atoms with Crippen LogP contribution in [0, 0.1) is 10.1 Å². The first-order chi connectivity index (χ1) is 14.1. The minimum Gasteiger partial charge on any atom is -0.495 e. The molecule has 0 saturated carbocycles. The van der Waals surface area contributed by atoms with Gasteiger partial charge in [-0.3, -0.25) is 19.2 Å². The van der Waals surface area contributed by atoms with E-state index in [4.69, 9.17) is 9.47 Å². The van der Waals surface area contributed by atoms with Crippen LogP contribution in [0.2, 0.25) is 0 Å². The van der Waals surface area contributed by atoms with Gasteiger partial charge in [-0.25, -0.2) is 8.42 Å². The molecule has 11 heteroatoms. The minimum absolute atomic E-state index is 0.156. The zero-order chi connectivity index (χ0) is 22.5. The SMILES string of the molecule is CC[C@@H](Oc1ccc(N(C)S(C)(=O)=O)cc1)C(=O)Nc1cc([N+](=O)[O-])ccc1OC. The Balaban J connectivity index is 2.16. The van der Waals surface area contributed by atoms with Crippen molar-refractivity contribution in [2.75, 3.05) is 30.0 Å². The molecule has 2 rings (SSSR count). The maximum atomic E-state index is 12.7. The van der Waals surface area contributed by atoms with Gasteiger partial charge < -0.3 is 14.8 Å². The first-order valence-corrected chi connectivity index (χ1v) is 10.8. The van der Waals surface area contributed by atoms with Gasteiger partial charge in [0.25, 0.3) is 11.6 Å². The standard InChI is InChI=1S/C19H23N3O7S/c1-5-17(29-15-9-6-13(7-10-15)21(2)30(4,26)27)19(23)20-16-12-14(22(24)25)8-11-18(16)28-3/h6-12,17H,5H2,1-4H3,(H,20,23)/t17-/m1/s1. The highest BCUT2D eigenvalue weighted by atomic mass is 32.2. The van der Waals surface area contributed by atoms with Crippen molar-refractivity contribution < 1.29 is 27.6 Å². The highest BCUT2D eigenvalue weighted by Gasteiger charge is 2.22. The minimum atomic E-state index is -3.39. The highest BCUT2D eigenvalue weighted by Crippen LogP contribution is 2.29. The number of nitrogens with zero attached hydrogens (tertiary/aromatic N) is 2. The predicted molar refractivity (Wildman–Crippen MR) is 113 cm³/mol. The van der Waals surface area contributed by atoms with Gasteiger partial charge in [0.15, 0.2) is 6.10 Å². The summed E-state index contributed by atoms with van der Waals surface area (Å²) in [5, 5.41) is 13.6. The number of ether oxygens (including phenoxy) is 2. The number of sulfonamides is 1. The van der Waals surface area contributed by atoms with E-state index in [1.165, 1.54) is 32.4 Å². The molecule has 162 valence electrons. The van der Waals surface area contributed by atoms with Crippen LogP contribution in [0.1, 0.15) is 13.3 Å². The van der Waals surface area contributed by atoms with Crippen LogP contribution < -0.4 is 19.1 Å². The van der Waals surface area contributed by atoms with Crippen LogP contribution in [0.15, 0.2) is 42.5 Å². The smallest absolute Gasteiger partial charge is 0.271 e. The average Bonchev–Trinajstić information content (AvgIpc) is 2.71. The lowest BCUT2D eigenvalue weighted by Gasteiger charge is -2.20. The summed E-state index contributed by atoms with van der Waals surface area (Å²) in [5.41, 5.74) is 0.415. The highest BCUT2D eigenvalue weighted by molar-refractivity contribution is 7.92. The Morgan fingerprint density at radius 1 is 1.23 bits per heavy atom. The van der Waals surface area contributed by atoms with Crippen LogP contribution in [-0.2, 0) is 14.8 Å². The van der Waals surface area contributed by atoms with Gasteiger partial charge >= 0.3 is 0 Å². The van der Waals surface area contributed by atoms with Gasteiger partial charge in [0.05, 0.1) is 29.7 Å². The molecular weight excluding hydrogens is 414 g/mol. The Kier molecular flexibility index (Phi) is 7.22. The van der Waals surface area contributed by atoms with Crippen molar-refractivity contribution >= 4 is 33.0 Å². The number of nitrogens with one attached hydrogen (secondary N) is 1. The summed E-state index contributed by atoms with van der Waals surface area (Å²) in [6.45, 7) is 1.75. The first-order valence-electron chi connectivity index (χ1n) is 8.90. The Bertz CT molecular complexity index is 1020. The lowest BCUT2D eigenvalue weighted by atomic mass is 10.2. The first kappa shape index (κ1) is 22.9. The third-order valence-electron chi connectivity index (χ3n) is 4.29. The van der Waals surface area contributed by atoms with Gasteiger partial charge in [0.2, 0.25) is 10.0 Å². The van der Waals surface area contributed by atoms with Crippen molar-refractivity contribution in [1.29, 1.82) is 0 Å². The molecular formula is C19H23N3O7S. The van der Waals surface area contributed by atoms with E-state index < -0.39 is 27.0 Å². The number of hydrogen-bond acceptors (Lipinski definition) is 7. The second kappa shape index (κ2) is 9.44. The van der Waals surface area contributed by atoms with Crippen LogP contribution >= 0.6 is 0 Å². The molecule has 10 nitrogen and oxygen atoms in total. The van der Waals surface area contributed by atoms with E-state index in [0.29, 0.717) is 17.9 Å². The molecule has 2 aromatic carbocycles. The maximum absolute atomic E-state index is 12.7.